The molecular weight excluding hydrogens is 454 g/mol. The Morgan fingerprint density at radius 2 is 1.76 bits per heavy atom. The fourth-order valence-electron chi connectivity index (χ4n) is 4.43. The fraction of sp³-hybridized carbons (Fsp3) is 0.360. The fourth-order valence-corrected chi connectivity index (χ4v) is 5.95. The average Bonchev–Trinajstić information content (AvgIpc) is 3.36. The van der Waals surface area contributed by atoms with Crippen molar-refractivity contribution < 1.29 is 22.5 Å². The maximum Gasteiger partial charge on any atom is 0.277 e. The first-order chi connectivity index (χ1) is 16.4. The zero-order valence-electron chi connectivity index (χ0n) is 19.0. The molecule has 0 saturated carbocycles. The van der Waals surface area contributed by atoms with Crippen LogP contribution in [0.3, 0.4) is 0 Å². The minimum Gasteiger partial charge on any atom is -0.490 e. The van der Waals surface area contributed by atoms with Crippen molar-refractivity contribution in [1.82, 2.24) is 9.46 Å². The van der Waals surface area contributed by atoms with Gasteiger partial charge in [-0.15, -0.1) is 0 Å². The van der Waals surface area contributed by atoms with E-state index in [9.17, 15) is 13.2 Å². The number of amides is 1. The molecule has 1 saturated heterocycles. The van der Waals surface area contributed by atoms with Crippen molar-refractivity contribution >= 4 is 21.6 Å². The van der Waals surface area contributed by atoms with Crippen LogP contribution >= 0.6 is 0 Å². The van der Waals surface area contributed by atoms with Gasteiger partial charge in [0.1, 0.15) is 11.9 Å². The molecule has 0 spiro atoms. The van der Waals surface area contributed by atoms with E-state index in [4.69, 9.17) is 9.26 Å². The summed E-state index contributed by atoms with van der Waals surface area (Å²) in [6.07, 6.45) is 4.85. The van der Waals surface area contributed by atoms with E-state index in [0.717, 1.165) is 49.0 Å². The molecule has 2 aliphatic heterocycles. The Labute approximate surface area is 198 Å². The predicted octanol–water partition coefficient (Wildman–Crippen LogP) is 4.48. The number of carbonyl (C=O) groups excluding carboxylic acids is 1. The van der Waals surface area contributed by atoms with Gasteiger partial charge in [0.25, 0.3) is 5.91 Å². The highest BCUT2D eigenvalue weighted by Crippen LogP contribution is 2.33. The number of nitrogens with one attached hydrogen (secondary N) is 1. The standard InChI is InChI=1S/C25H27N3O5S/c1-17-14-19-15-18(6-11-23(19)32-17)24-16-22(27-33-24)25(29)26-20-7-9-21(10-8-20)34(30,31)28-12-4-2-3-5-13-28/h6-11,15-17H,2-5,12-14H2,1H3,(H,26,29)/t17-/m0/s1. The van der Waals surface area contributed by atoms with Crippen LogP contribution in [0, 0.1) is 0 Å². The van der Waals surface area contributed by atoms with E-state index in [0.29, 0.717) is 24.5 Å². The number of nitrogens with zero attached hydrogens (tertiary/aromatic N) is 2. The molecule has 3 aromatic rings. The average molecular weight is 482 g/mol. The number of aromatic nitrogens is 1. The molecule has 1 N–H and O–H groups in total. The molecule has 8 nitrogen and oxygen atoms in total. The van der Waals surface area contributed by atoms with Crippen LogP contribution in [0.4, 0.5) is 5.69 Å². The van der Waals surface area contributed by atoms with E-state index < -0.39 is 15.9 Å². The SMILES string of the molecule is C[C@H]1Cc2cc(-c3cc(C(=O)Nc4ccc(S(=O)(=O)N5CCCCCC5)cc4)no3)ccc2O1. The van der Waals surface area contributed by atoms with E-state index >= 15 is 0 Å². The quantitative estimate of drug-likeness (QED) is 0.576. The van der Waals surface area contributed by atoms with Crippen molar-refractivity contribution in [3.8, 4) is 17.1 Å². The smallest absolute Gasteiger partial charge is 0.277 e. The van der Waals surface area contributed by atoms with Gasteiger partial charge in [-0.2, -0.15) is 4.31 Å². The third-order valence-electron chi connectivity index (χ3n) is 6.24. The van der Waals surface area contributed by atoms with Gasteiger partial charge in [-0.05, 0) is 67.8 Å². The second-order valence-corrected chi connectivity index (χ2v) is 10.8. The molecular formula is C25H27N3O5S. The second-order valence-electron chi connectivity index (χ2n) is 8.83. The minimum atomic E-state index is -3.53. The summed E-state index contributed by atoms with van der Waals surface area (Å²) >= 11 is 0. The van der Waals surface area contributed by atoms with Gasteiger partial charge < -0.3 is 14.6 Å². The van der Waals surface area contributed by atoms with Gasteiger partial charge in [0.2, 0.25) is 10.0 Å². The Morgan fingerprint density at radius 1 is 1.03 bits per heavy atom. The van der Waals surface area contributed by atoms with Crippen LogP contribution in [0.1, 0.15) is 48.7 Å². The summed E-state index contributed by atoms with van der Waals surface area (Å²) in [5, 5.41) is 6.65. The lowest BCUT2D eigenvalue weighted by Crippen LogP contribution is -2.31. The topological polar surface area (TPSA) is 102 Å². The van der Waals surface area contributed by atoms with Crippen LogP contribution in [0.2, 0.25) is 0 Å². The number of hydrogen-bond acceptors (Lipinski definition) is 6. The maximum atomic E-state index is 12.9. The van der Waals surface area contributed by atoms with Gasteiger partial charge in [-0.25, -0.2) is 8.42 Å². The number of benzene rings is 2. The van der Waals surface area contributed by atoms with Crippen LogP contribution in [-0.4, -0.2) is 43.0 Å². The van der Waals surface area contributed by atoms with Crippen LogP contribution in [0.5, 0.6) is 5.75 Å². The third-order valence-corrected chi connectivity index (χ3v) is 8.15. The molecule has 0 radical (unpaired) electrons. The molecule has 2 aromatic carbocycles. The summed E-state index contributed by atoms with van der Waals surface area (Å²) in [7, 11) is -3.53. The molecule has 0 aliphatic carbocycles. The monoisotopic (exact) mass is 481 g/mol. The molecule has 9 heteroatoms. The van der Waals surface area contributed by atoms with Crippen LogP contribution < -0.4 is 10.1 Å². The zero-order valence-corrected chi connectivity index (χ0v) is 19.8. The van der Waals surface area contributed by atoms with Gasteiger partial charge in [0, 0.05) is 36.8 Å². The van der Waals surface area contributed by atoms with Crippen LogP contribution in [0.15, 0.2) is 57.9 Å². The molecule has 5 rings (SSSR count). The molecule has 178 valence electrons. The van der Waals surface area contributed by atoms with Gasteiger partial charge in [-0.1, -0.05) is 18.0 Å². The molecule has 1 amide bonds. The van der Waals surface area contributed by atoms with E-state index in [1.165, 1.54) is 12.1 Å². The molecule has 0 bridgehead atoms. The lowest BCUT2D eigenvalue weighted by Gasteiger charge is -2.20. The Balaban J connectivity index is 1.26. The molecule has 1 atom stereocenters. The Kier molecular flexibility index (Phi) is 6.14. The van der Waals surface area contributed by atoms with Crippen molar-refractivity contribution in [2.24, 2.45) is 0 Å². The highest BCUT2D eigenvalue weighted by Gasteiger charge is 2.25. The highest BCUT2D eigenvalue weighted by molar-refractivity contribution is 7.89. The Bertz CT molecular complexity index is 1290. The van der Waals surface area contributed by atoms with E-state index in [1.807, 2.05) is 25.1 Å². The Morgan fingerprint density at radius 3 is 2.50 bits per heavy atom. The number of sulfonamides is 1. The molecule has 1 aromatic heterocycles. The lowest BCUT2D eigenvalue weighted by atomic mass is 10.1. The largest absolute Gasteiger partial charge is 0.490 e. The number of hydrogen-bond donors (Lipinski definition) is 1. The first-order valence-corrected chi connectivity index (χ1v) is 13.0. The summed E-state index contributed by atoms with van der Waals surface area (Å²) in [5.41, 5.74) is 2.54. The van der Waals surface area contributed by atoms with Gasteiger partial charge in [0.15, 0.2) is 11.5 Å². The maximum absolute atomic E-state index is 12.9. The first kappa shape index (κ1) is 22.6. The summed E-state index contributed by atoms with van der Waals surface area (Å²) < 4.78 is 38.5. The highest BCUT2D eigenvalue weighted by atomic mass is 32.2. The minimum absolute atomic E-state index is 0.140. The number of carbonyl (C=O) groups is 1. The summed E-state index contributed by atoms with van der Waals surface area (Å²) in [5.74, 6) is 0.928. The summed E-state index contributed by atoms with van der Waals surface area (Å²) in [6, 6.07) is 13.6. The number of ether oxygens (including phenoxy) is 1. The van der Waals surface area contributed by atoms with Crippen LogP contribution in [-0.2, 0) is 16.4 Å². The number of anilines is 1. The Hall–Kier alpha value is -3.17. The molecule has 3 heterocycles. The normalized spacial score (nSPS) is 18.7. The van der Waals surface area contributed by atoms with Gasteiger partial charge in [0.05, 0.1) is 4.90 Å². The van der Waals surface area contributed by atoms with Crippen molar-refractivity contribution in [2.45, 2.75) is 50.0 Å². The van der Waals surface area contributed by atoms with Crippen molar-refractivity contribution in [3.05, 3.63) is 59.8 Å². The van der Waals surface area contributed by atoms with Crippen molar-refractivity contribution in [3.63, 3.8) is 0 Å². The van der Waals surface area contributed by atoms with E-state index in [1.54, 1.807) is 22.5 Å². The van der Waals surface area contributed by atoms with E-state index in [2.05, 4.69) is 10.5 Å². The number of fused-ring (bicyclic) bond motifs is 1. The molecule has 2 aliphatic rings. The predicted molar refractivity (Wildman–Crippen MR) is 127 cm³/mol. The van der Waals surface area contributed by atoms with Crippen molar-refractivity contribution in [2.75, 3.05) is 18.4 Å². The first-order valence-electron chi connectivity index (χ1n) is 11.6. The lowest BCUT2D eigenvalue weighted by molar-refractivity contribution is 0.101. The summed E-state index contributed by atoms with van der Waals surface area (Å²) in [6.45, 7) is 3.12. The van der Waals surface area contributed by atoms with Crippen LogP contribution in [0.25, 0.3) is 11.3 Å². The molecule has 0 unspecified atom stereocenters. The van der Waals surface area contributed by atoms with Crippen molar-refractivity contribution in [1.29, 1.82) is 0 Å². The molecule has 1 fully saturated rings. The summed E-state index contributed by atoms with van der Waals surface area (Å²) in [4.78, 5) is 12.9. The molecule has 34 heavy (non-hydrogen) atoms. The van der Waals surface area contributed by atoms with E-state index in [-0.39, 0.29) is 16.7 Å². The third kappa shape index (κ3) is 4.58. The second kappa shape index (κ2) is 9.23. The zero-order chi connectivity index (χ0) is 23.7. The number of rotatable bonds is 5. The van der Waals surface area contributed by atoms with Gasteiger partial charge in [-0.3, -0.25) is 4.79 Å². The van der Waals surface area contributed by atoms with Gasteiger partial charge >= 0.3 is 0 Å².